The maximum atomic E-state index is 11.4. The minimum atomic E-state index is -0.365. The first-order valence-corrected chi connectivity index (χ1v) is 6.07. The summed E-state index contributed by atoms with van der Waals surface area (Å²) in [7, 11) is 1.65. The van der Waals surface area contributed by atoms with E-state index in [1.165, 1.54) is 0 Å². The summed E-state index contributed by atoms with van der Waals surface area (Å²) in [5.74, 6) is 0.826. The highest BCUT2D eigenvalue weighted by Crippen LogP contribution is 2.26. The Kier molecular flexibility index (Phi) is 3.92. The van der Waals surface area contributed by atoms with Crippen molar-refractivity contribution >= 4 is 11.8 Å². The van der Waals surface area contributed by atoms with Gasteiger partial charge in [0.1, 0.15) is 5.75 Å². The van der Waals surface area contributed by atoms with Gasteiger partial charge in [0.15, 0.2) is 0 Å². The van der Waals surface area contributed by atoms with Crippen molar-refractivity contribution in [1.29, 1.82) is 0 Å². The van der Waals surface area contributed by atoms with Crippen LogP contribution in [0.4, 0.5) is 10.5 Å². The Morgan fingerprint density at radius 1 is 1.56 bits per heavy atom. The van der Waals surface area contributed by atoms with Crippen LogP contribution in [0, 0.1) is 0 Å². The van der Waals surface area contributed by atoms with E-state index in [-0.39, 0.29) is 12.1 Å². The molecule has 1 atom stereocenters. The molecule has 0 spiro atoms. The summed E-state index contributed by atoms with van der Waals surface area (Å²) >= 11 is 0. The van der Waals surface area contributed by atoms with Crippen LogP contribution in [0.3, 0.4) is 0 Å². The first kappa shape index (κ1) is 12.5. The van der Waals surface area contributed by atoms with Gasteiger partial charge in [0.2, 0.25) is 0 Å². The van der Waals surface area contributed by atoms with Gasteiger partial charge >= 0.3 is 6.09 Å². The molecule has 1 aromatic carbocycles. The second-order valence-corrected chi connectivity index (χ2v) is 4.17. The lowest BCUT2D eigenvalue weighted by Crippen LogP contribution is -2.43. The molecule has 0 bridgehead atoms. The van der Waals surface area contributed by atoms with Gasteiger partial charge in [-0.05, 0) is 37.1 Å². The summed E-state index contributed by atoms with van der Waals surface area (Å²) in [6.07, 6.45) is 0.411. The molecule has 0 radical (unpaired) electrons. The van der Waals surface area contributed by atoms with Gasteiger partial charge in [-0.1, -0.05) is 0 Å². The van der Waals surface area contributed by atoms with Crippen LogP contribution in [-0.2, 0) is 11.2 Å². The second-order valence-electron chi connectivity index (χ2n) is 4.17. The highest BCUT2D eigenvalue weighted by atomic mass is 16.5. The molecule has 1 aliphatic heterocycles. The lowest BCUT2D eigenvalue weighted by molar-refractivity contribution is 0.148. The van der Waals surface area contributed by atoms with Crippen molar-refractivity contribution < 1.29 is 14.3 Å². The first-order chi connectivity index (χ1) is 8.72. The summed E-state index contributed by atoms with van der Waals surface area (Å²) in [5.41, 5.74) is 2.24. The lowest BCUT2D eigenvalue weighted by atomic mass is 9.99. The largest absolute Gasteiger partial charge is 0.497 e. The zero-order valence-electron chi connectivity index (χ0n) is 10.7. The number of alkyl carbamates (subject to hydrolysis) is 1. The number of hydrogen-bond donors (Lipinski definition) is 2. The van der Waals surface area contributed by atoms with Crippen molar-refractivity contribution in [2.75, 3.05) is 25.6 Å². The molecule has 2 N–H and O–H groups in total. The fourth-order valence-corrected chi connectivity index (χ4v) is 2.05. The molecule has 0 aromatic heterocycles. The van der Waals surface area contributed by atoms with Gasteiger partial charge in [-0.3, -0.25) is 0 Å². The Hall–Kier alpha value is -1.91. The van der Waals surface area contributed by atoms with E-state index in [2.05, 4.69) is 10.6 Å². The zero-order chi connectivity index (χ0) is 13.0. The number of ether oxygens (including phenoxy) is 2. The number of rotatable bonds is 3. The predicted octanol–water partition coefficient (Wildman–Crippen LogP) is 1.78. The first-order valence-electron chi connectivity index (χ1n) is 6.07. The zero-order valence-corrected chi connectivity index (χ0v) is 10.7. The van der Waals surface area contributed by atoms with Crippen molar-refractivity contribution in [2.24, 2.45) is 0 Å². The Morgan fingerprint density at radius 3 is 3.11 bits per heavy atom. The summed E-state index contributed by atoms with van der Waals surface area (Å²) in [4.78, 5) is 11.4. The second kappa shape index (κ2) is 5.62. The molecule has 0 saturated carbocycles. The van der Waals surface area contributed by atoms with Crippen LogP contribution in [0.1, 0.15) is 12.5 Å². The Bertz CT molecular complexity index is 434. The third-order valence-electron chi connectivity index (χ3n) is 2.92. The third kappa shape index (κ3) is 2.85. The van der Waals surface area contributed by atoms with Gasteiger partial charge in [-0.25, -0.2) is 4.79 Å². The normalized spacial score (nSPS) is 17.3. The van der Waals surface area contributed by atoms with Gasteiger partial charge in [-0.2, -0.15) is 0 Å². The number of carbonyl (C=O) groups is 1. The topological polar surface area (TPSA) is 59.6 Å². The van der Waals surface area contributed by atoms with Gasteiger partial charge < -0.3 is 20.1 Å². The highest BCUT2D eigenvalue weighted by Gasteiger charge is 2.20. The standard InChI is InChI=1S/C13H18N2O3/c1-3-18-13(16)15-10-6-9-7-11(17-2)4-5-12(9)14-8-10/h4-5,7,10,14H,3,6,8H2,1-2H3,(H,15,16). The van der Waals surface area contributed by atoms with Crippen molar-refractivity contribution in [3.63, 3.8) is 0 Å². The smallest absolute Gasteiger partial charge is 0.407 e. The van der Waals surface area contributed by atoms with Crippen molar-refractivity contribution in [2.45, 2.75) is 19.4 Å². The van der Waals surface area contributed by atoms with E-state index in [9.17, 15) is 4.79 Å². The number of nitrogens with one attached hydrogen (secondary N) is 2. The molecule has 1 heterocycles. The van der Waals surface area contributed by atoms with E-state index >= 15 is 0 Å². The van der Waals surface area contributed by atoms with Crippen LogP contribution in [0.5, 0.6) is 5.75 Å². The molecule has 98 valence electrons. The maximum absolute atomic E-state index is 11.4. The number of methoxy groups -OCH3 is 1. The van der Waals surface area contributed by atoms with Crippen LogP contribution in [0.25, 0.3) is 0 Å². The molecule has 0 aliphatic carbocycles. The molecule has 0 saturated heterocycles. The minimum Gasteiger partial charge on any atom is -0.497 e. The van der Waals surface area contributed by atoms with Gasteiger partial charge in [0, 0.05) is 12.2 Å². The van der Waals surface area contributed by atoms with Crippen LogP contribution in [0.15, 0.2) is 18.2 Å². The molecule has 5 nitrogen and oxygen atoms in total. The lowest BCUT2D eigenvalue weighted by Gasteiger charge is -2.26. The Morgan fingerprint density at radius 2 is 2.39 bits per heavy atom. The number of carbonyl (C=O) groups excluding carboxylic acids is 1. The molecule has 1 aromatic rings. The third-order valence-corrected chi connectivity index (χ3v) is 2.92. The maximum Gasteiger partial charge on any atom is 0.407 e. The SMILES string of the molecule is CCOC(=O)NC1CNc2ccc(OC)cc2C1. The fraction of sp³-hybridized carbons (Fsp3) is 0.462. The van der Waals surface area contributed by atoms with Crippen molar-refractivity contribution in [3.8, 4) is 5.75 Å². The molecule has 2 rings (SSSR count). The molecule has 1 amide bonds. The van der Waals surface area contributed by atoms with Crippen LogP contribution >= 0.6 is 0 Å². The van der Waals surface area contributed by atoms with E-state index in [0.29, 0.717) is 13.2 Å². The van der Waals surface area contributed by atoms with E-state index in [1.54, 1.807) is 14.0 Å². The highest BCUT2D eigenvalue weighted by molar-refractivity contribution is 5.68. The molecule has 5 heteroatoms. The Labute approximate surface area is 106 Å². The molecule has 1 aliphatic rings. The number of fused-ring (bicyclic) bond motifs is 1. The minimum absolute atomic E-state index is 0.0451. The van der Waals surface area contributed by atoms with Crippen LogP contribution < -0.4 is 15.4 Å². The fourth-order valence-electron chi connectivity index (χ4n) is 2.05. The summed E-state index contributed by atoms with van der Waals surface area (Å²) < 4.78 is 10.1. The van der Waals surface area contributed by atoms with Gasteiger partial charge in [-0.15, -0.1) is 0 Å². The van der Waals surface area contributed by atoms with E-state index in [1.807, 2.05) is 18.2 Å². The number of hydrogen-bond acceptors (Lipinski definition) is 4. The van der Waals surface area contributed by atoms with Crippen molar-refractivity contribution in [1.82, 2.24) is 5.32 Å². The molecular weight excluding hydrogens is 232 g/mol. The Balaban J connectivity index is 2.02. The van der Waals surface area contributed by atoms with Crippen LogP contribution in [0.2, 0.25) is 0 Å². The average molecular weight is 250 g/mol. The van der Waals surface area contributed by atoms with Crippen LogP contribution in [-0.4, -0.2) is 32.4 Å². The molecular formula is C13H18N2O3. The summed E-state index contributed by atoms with van der Waals surface area (Å²) in [6.45, 7) is 2.88. The summed E-state index contributed by atoms with van der Waals surface area (Å²) in [5, 5.41) is 6.12. The number of benzene rings is 1. The molecule has 18 heavy (non-hydrogen) atoms. The molecule has 0 fully saturated rings. The molecule has 1 unspecified atom stereocenters. The number of amides is 1. The van der Waals surface area contributed by atoms with E-state index < -0.39 is 0 Å². The summed E-state index contributed by atoms with van der Waals surface area (Å²) in [6, 6.07) is 5.95. The average Bonchev–Trinajstić information content (AvgIpc) is 2.38. The van der Waals surface area contributed by atoms with Gasteiger partial charge in [0.05, 0.1) is 19.8 Å². The predicted molar refractivity (Wildman–Crippen MR) is 69.1 cm³/mol. The quantitative estimate of drug-likeness (QED) is 0.858. The van der Waals surface area contributed by atoms with E-state index in [0.717, 1.165) is 23.4 Å². The monoisotopic (exact) mass is 250 g/mol. The van der Waals surface area contributed by atoms with E-state index in [4.69, 9.17) is 9.47 Å². The van der Waals surface area contributed by atoms with Crippen molar-refractivity contribution in [3.05, 3.63) is 23.8 Å². The van der Waals surface area contributed by atoms with Gasteiger partial charge in [0.25, 0.3) is 0 Å². The number of anilines is 1.